The average molecular weight is 298 g/mol. The molecule has 1 aromatic rings. The Hall–Kier alpha value is -1.82. The zero-order valence-electron chi connectivity index (χ0n) is 10.9. The van der Waals surface area contributed by atoms with Crippen LogP contribution in [0.3, 0.4) is 0 Å². The summed E-state index contributed by atoms with van der Waals surface area (Å²) in [7, 11) is 0. The van der Waals surface area contributed by atoms with Gasteiger partial charge >= 0.3 is 6.09 Å². The van der Waals surface area contributed by atoms with Crippen LogP contribution in [0, 0.1) is 5.92 Å². The second kappa shape index (κ2) is 6.56. The molecule has 2 N–H and O–H groups in total. The van der Waals surface area contributed by atoms with Crippen LogP contribution in [0.4, 0.5) is 4.79 Å². The van der Waals surface area contributed by atoms with Crippen LogP contribution >= 0.6 is 11.6 Å². The molecule has 108 valence electrons. The summed E-state index contributed by atoms with van der Waals surface area (Å²) in [5, 5.41) is 12.0. The van der Waals surface area contributed by atoms with Crippen LogP contribution in [0.2, 0.25) is 5.15 Å². The molecule has 1 aliphatic rings. The van der Waals surface area contributed by atoms with Gasteiger partial charge in [-0.25, -0.2) is 9.78 Å². The Kier molecular flexibility index (Phi) is 4.79. The molecular weight excluding hydrogens is 282 g/mol. The Bertz CT molecular complexity index is 501. The fourth-order valence-corrected chi connectivity index (χ4v) is 2.39. The average Bonchev–Trinajstić information content (AvgIpc) is 2.45. The molecule has 2 amide bonds. The van der Waals surface area contributed by atoms with Crippen molar-refractivity contribution in [3.63, 3.8) is 0 Å². The molecule has 0 atom stereocenters. The molecule has 0 radical (unpaired) electrons. The number of nitrogens with one attached hydrogen (secondary N) is 1. The number of carbonyl (C=O) groups is 2. The molecule has 1 saturated heterocycles. The molecule has 2 heterocycles. The van der Waals surface area contributed by atoms with E-state index in [1.165, 1.54) is 17.2 Å². The normalized spacial score (nSPS) is 15.9. The molecule has 0 saturated carbocycles. The van der Waals surface area contributed by atoms with Gasteiger partial charge in [-0.1, -0.05) is 11.6 Å². The highest BCUT2D eigenvalue weighted by Gasteiger charge is 2.22. The van der Waals surface area contributed by atoms with Gasteiger partial charge in [0.15, 0.2) is 0 Å². The van der Waals surface area contributed by atoms with Crippen LogP contribution in [0.1, 0.15) is 23.2 Å². The molecule has 7 heteroatoms. The molecule has 2 rings (SSSR count). The van der Waals surface area contributed by atoms with Crippen LogP contribution in [0.25, 0.3) is 0 Å². The predicted molar refractivity (Wildman–Crippen MR) is 73.9 cm³/mol. The van der Waals surface area contributed by atoms with Crippen LogP contribution in [-0.4, -0.2) is 46.6 Å². The van der Waals surface area contributed by atoms with Crippen molar-refractivity contribution >= 4 is 23.6 Å². The lowest BCUT2D eigenvalue weighted by Crippen LogP contribution is -2.40. The highest BCUT2D eigenvalue weighted by atomic mass is 35.5. The molecule has 1 aliphatic heterocycles. The number of aromatic nitrogens is 1. The lowest BCUT2D eigenvalue weighted by Gasteiger charge is -2.29. The lowest BCUT2D eigenvalue weighted by molar-refractivity contribution is 0.0928. The van der Waals surface area contributed by atoms with Crippen molar-refractivity contribution in [1.29, 1.82) is 0 Å². The zero-order chi connectivity index (χ0) is 14.5. The number of carboxylic acid groups (broad SMARTS) is 1. The van der Waals surface area contributed by atoms with Gasteiger partial charge in [0, 0.05) is 31.4 Å². The standard InChI is InChI=1S/C13H16ClN3O3/c14-11-7-10(1-4-15-11)12(18)16-8-9-2-5-17(6-3-9)13(19)20/h1,4,7,9H,2-3,5-6,8H2,(H,16,18)(H,19,20). The third-order valence-corrected chi connectivity index (χ3v) is 3.63. The smallest absolute Gasteiger partial charge is 0.407 e. The number of rotatable bonds is 3. The molecule has 0 aliphatic carbocycles. The summed E-state index contributed by atoms with van der Waals surface area (Å²) in [6.07, 6.45) is 2.15. The monoisotopic (exact) mass is 297 g/mol. The van der Waals surface area contributed by atoms with Crippen molar-refractivity contribution in [1.82, 2.24) is 15.2 Å². The molecule has 6 nitrogen and oxygen atoms in total. The number of hydrogen-bond donors (Lipinski definition) is 2. The summed E-state index contributed by atoms with van der Waals surface area (Å²) in [5.41, 5.74) is 0.480. The highest BCUT2D eigenvalue weighted by molar-refractivity contribution is 6.29. The Morgan fingerprint density at radius 2 is 2.15 bits per heavy atom. The van der Waals surface area contributed by atoms with Crippen molar-refractivity contribution in [2.45, 2.75) is 12.8 Å². The minimum absolute atomic E-state index is 0.185. The lowest BCUT2D eigenvalue weighted by atomic mass is 9.97. The summed E-state index contributed by atoms with van der Waals surface area (Å²) in [4.78, 5) is 27.9. The third kappa shape index (κ3) is 3.84. The van der Waals surface area contributed by atoms with E-state index in [9.17, 15) is 9.59 Å². The van der Waals surface area contributed by atoms with Gasteiger partial charge in [-0.3, -0.25) is 4.79 Å². The van der Waals surface area contributed by atoms with Gasteiger partial charge < -0.3 is 15.3 Å². The van der Waals surface area contributed by atoms with Gasteiger partial charge in [-0.15, -0.1) is 0 Å². The van der Waals surface area contributed by atoms with Gasteiger partial charge in [-0.05, 0) is 30.9 Å². The van der Waals surface area contributed by atoms with E-state index in [2.05, 4.69) is 10.3 Å². The van der Waals surface area contributed by atoms with Crippen molar-refractivity contribution in [3.8, 4) is 0 Å². The number of piperidine rings is 1. The van der Waals surface area contributed by atoms with E-state index in [-0.39, 0.29) is 11.1 Å². The van der Waals surface area contributed by atoms with Crippen LogP contribution in [-0.2, 0) is 0 Å². The van der Waals surface area contributed by atoms with Crippen molar-refractivity contribution in [3.05, 3.63) is 29.0 Å². The summed E-state index contributed by atoms with van der Waals surface area (Å²) in [6.45, 7) is 1.60. The summed E-state index contributed by atoms with van der Waals surface area (Å²) >= 11 is 5.73. The minimum Gasteiger partial charge on any atom is -0.465 e. The van der Waals surface area contributed by atoms with Crippen molar-refractivity contribution in [2.24, 2.45) is 5.92 Å². The van der Waals surface area contributed by atoms with E-state index in [1.807, 2.05) is 0 Å². The maximum absolute atomic E-state index is 11.9. The van der Waals surface area contributed by atoms with Gasteiger partial charge in [-0.2, -0.15) is 0 Å². The topological polar surface area (TPSA) is 82.5 Å². The largest absolute Gasteiger partial charge is 0.465 e. The minimum atomic E-state index is -0.876. The Labute approximate surface area is 121 Å². The number of hydrogen-bond acceptors (Lipinski definition) is 3. The van der Waals surface area contributed by atoms with E-state index >= 15 is 0 Å². The van der Waals surface area contributed by atoms with E-state index in [1.54, 1.807) is 6.07 Å². The first-order valence-electron chi connectivity index (χ1n) is 6.44. The zero-order valence-corrected chi connectivity index (χ0v) is 11.6. The van der Waals surface area contributed by atoms with Crippen molar-refractivity contribution < 1.29 is 14.7 Å². The Morgan fingerprint density at radius 1 is 1.45 bits per heavy atom. The number of halogens is 1. The summed E-state index contributed by atoms with van der Waals surface area (Å²) in [5.74, 6) is 0.127. The highest BCUT2D eigenvalue weighted by Crippen LogP contribution is 2.16. The predicted octanol–water partition coefficient (Wildman–Crippen LogP) is 1.85. The number of amides is 2. The Balaban J connectivity index is 1.79. The third-order valence-electron chi connectivity index (χ3n) is 3.43. The number of nitrogens with zero attached hydrogens (tertiary/aromatic N) is 2. The quantitative estimate of drug-likeness (QED) is 0.834. The molecule has 0 aromatic carbocycles. The first-order chi connectivity index (χ1) is 9.56. The molecular formula is C13H16ClN3O3. The second-order valence-electron chi connectivity index (χ2n) is 4.79. The molecule has 1 fully saturated rings. The fraction of sp³-hybridized carbons (Fsp3) is 0.462. The van der Waals surface area contributed by atoms with E-state index in [4.69, 9.17) is 16.7 Å². The van der Waals surface area contributed by atoms with Gasteiger partial charge in [0.2, 0.25) is 0 Å². The molecule has 20 heavy (non-hydrogen) atoms. The fourth-order valence-electron chi connectivity index (χ4n) is 2.21. The molecule has 0 unspecified atom stereocenters. The van der Waals surface area contributed by atoms with Crippen LogP contribution in [0.5, 0.6) is 0 Å². The van der Waals surface area contributed by atoms with Crippen LogP contribution in [0.15, 0.2) is 18.3 Å². The molecule has 1 aromatic heterocycles. The van der Waals surface area contributed by atoms with Crippen LogP contribution < -0.4 is 5.32 Å². The second-order valence-corrected chi connectivity index (χ2v) is 5.18. The molecule has 0 spiro atoms. The van der Waals surface area contributed by atoms with E-state index in [0.29, 0.717) is 31.1 Å². The van der Waals surface area contributed by atoms with E-state index in [0.717, 1.165) is 12.8 Å². The van der Waals surface area contributed by atoms with Crippen molar-refractivity contribution in [2.75, 3.05) is 19.6 Å². The van der Waals surface area contributed by atoms with Gasteiger partial charge in [0.05, 0.1) is 0 Å². The first kappa shape index (κ1) is 14.6. The number of likely N-dealkylation sites (tertiary alicyclic amines) is 1. The van der Waals surface area contributed by atoms with E-state index < -0.39 is 6.09 Å². The molecule has 0 bridgehead atoms. The summed E-state index contributed by atoms with van der Waals surface area (Å²) < 4.78 is 0. The number of carbonyl (C=O) groups excluding carboxylic acids is 1. The first-order valence-corrected chi connectivity index (χ1v) is 6.81. The SMILES string of the molecule is O=C(NCC1CCN(C(=O)O)CC1)c1ccnc(Cl)c1. The van der Waals surface area contributed by atoms with Gasteiger partial charge in [0.1, 0.15) is 5.15 Å². The Morgan fingerprint density at radius 3 is 2.75 bits per heavy atom. The van der Waals surface area contributed by atoms with Gasteiger partial charge in [0.25, 0.3) is 5.91 Å². The maximum atomic E-state index is 11.9. The number of pyridine rings is 1. The summed E-state index contributed by atoms with van der Waals surface area (Å²) in [6, 6.07) is 3.12. The maximum Gasteiger partial charge on any atom is 0.407 e.